The highest BCUT2D eigenvalue weighted by molar-refractivity contribution is 7.80. The molecular weight excluding hydrogens is 477 g/mol. The second kappa shape index (κ2) is 33.5. The Hall–Kier alpha value is 0.487. The SMILES string of the molecule is CCCCCCCCCCCCCCOC(OCCCCCCCCCCCCCC)[Si]CCCS. The predicted octanol–water partition coefficient (Wildman–Crippen LogP) is 11.1. The lowest BCUT2D eigenvalue weighted by molar-refractivity contribution is -0.0925. The molecular formula is C32H66O2SSi. The molecule has 0 amide bonds. The van der Waals surface area contributed by atoms with Crippen LogP contribution in [0.25, 0.3) is 0 Å². The standard InChI is InChI=1S/C32H66O2SSi/c1-3-5-7-9-11-13-15-17-19-21-23-25-28-33-32(36-31-27-30-35)34-29-26-24-22-20-18-16-14-12-10-8-6-4-2/h32,35H,3-31H2,1-2H3. The fourth-order valence-corrected chi connectivity index (χ4v) is 6.28. The highest BCUT2D eigenvalue weighted by Gasteiger charge is 2.10. The fourth-order valence-electron chi connectivity index (χ4n) is 4.73. The van der Waals surface area contributed by atoms with Crippen LogP contribution in [0.4, 0.5) is 0 Å². The van der Waals surface area contributed by atoms with Crippen molar-refractivity contribution in [1.82, 2.24) is 0 Å². The smallest absolute Gasteiger partial charge is 0.137 e. The molecule has 0 aromatic rings. The Labute approximate surface area is 236 Å². The molecule has 0 fully saturated rings. The van der Waals surface area contributed by atoms with Crippen LogP contribution in [0.1, 0.15) is 174 Å². The van der Waals surface area contributed by atoms with Gasteiger partial charge in [-0.2, -0.15) is 12.6 Å². The molecule has 216 valence electrons. The summed E-state index contributed by atoms with van der Waals surface area (Å²) in [6, 6.07) is 1.19. The van der Waals surface area contributed by atoms with Gasteiger partial charge < -0.3 is 9.47 Å². The van der Waals surface area contributed by atoms with Gasteiger partial charge in [0, 0.05) is 13.2 Å². The number of rotatable bonds is 32. The molecule has 0 aliphatic rings. The Balaban J connectivity index is 3.56. The molecule has 0 aliphatic heterocycles. The van der Waals surface area contributed by atoms with E-state index in [1.807, 2.05) is 0 Å². The molecule has 0 aromatic heterocycles. The van der Waals surface area contributed by atoms with E-state index in [0.717, 1.165) is 28.5 Å². The van der Waals surface area contributed by atoms with Crippen LogP contribution in [0.5, 0.6) is 0 Å². The Morgan fingerprint density at radius 1 is 0.444 bits per heavy atom. The second-order valence-corrected chi connectivity index (χ2v) is 12.7. The molecule has 0 aromatic carbocycles. The summed E-state index contributed by atoms with van der Waals surface area (Å²) in [4.78, 5) is 0. The lowest BCUT2D eigenvalue weighted by Gasteiger charge is -2.18. The van der Waals surface area contributed by atoms with Gasteiger partial charge in [0.1, 0.15) is 15.4 Å². The average molecular weight is 543 g/mol. The third-order valence-corrected chi connectivity index (χ3v) is 8.81. The minimum absolute atomic E-state index is 0.0327. The van der Waals surface area contributed by atoms with Gasteiger partial charge in [-0.3, -0.25) is 0 Å². The van der Waals surface area contributed by atoms with E-state index in [4.69, 9.17) is 9.47 Å². The molecule has 0 unspecified atom stereocenters. The van der Waals surface area contributed by atoms with Gasteiger partial charge in [0.2, 0.25) is 0 Å². The number of ether oxygens (including phenoxy) is 2. The maximum absolute atomic E-state index is 6.15. The minimum atomic E-state index is 0.0327. The van der Waals surface area contributed by atoms with E-state index in [0.29, 0.717) is 0 Å². The van der Waals surface area contributed by atoms with Gasteiger partial charge in [-0.1, -0.05) is 161 Å². The van der Waals surface area contributed by atoms with E-state index in [2.05, 4.69) is 26.5 Å². The molecule has 2 radical (unpaired) electrons. The first-order valence-corrected chi connectivity index (χ1v) is 18.3. The van der Waals surface area contributed by atoms with Crippen molar-refractivity contribution < 1.29 is 9.47 Å². The number of thiol groups is 1. The lowest BCUT2D eigenvalue weighted by atomic mass is 10.1. The molecule has 0 aliphatic carbocycles. The summed E-state index contributed by atoms with van der Waals surface area (Å²) in [5.41, 5.74) is 0. The molecule has 0 atom stereocenters. The van der Waals surface area contributed by atoms with Gasteiger partial charge >= 0.3 is 0 Å². The molecule has 0 rings (SSSR count). The van der Waals surface area contributed by atoms with Gasteiger partial charge in [-0.15, -0.1) is 0 Å². The first kappa shape index (κ1) is 36.5. The third-order valence-electron chi connectivity index (χ3n) is 7.18. The van der Waals surface area contributed by atoms with E-state index >= 15 is 0 Å². The first-order valence-electron chi connectivity index (χ1n) is 16.4. The summed E-state index contributed by atoms with van der Waals surface area (Å²) in [6.45, 7) is 6.33. The molecule has 0 heterocycles. The summed E-state index contributed by atoms with van der Waals surface area (Å²) >= 11 is 4.36. The molecule has 2 nitrogen and oxygen atoms in total. The Morgan fingerprint density at radius 3 is 1.06 bits per heavy atom. The maximum atomic E-state index is 6.15. The van der Waals surface area contributed by atoms with Gasteiger partial charge in [0.05, 0.1) is 0 Å². The third kappa shape index (κ3) is 30.7. The van der Waals surface area contributed by atoms with Gasteiger partial charge in [0.25, 0.3) is 0 Å². The van der Waals surface area contributed by atoms with Crippen molar-refractivity contribution >= 4 is 22.1 Å². The fraction of sp³-hybridized carbons (Fsp3) is 1.00. The molecule has 36 heavy (non-hydrogen) atoms. The highest BCUT2D eigenvalue weighted by Crippen LogP contribution is 2.14. The topological polar surface area (TPSA) is 18.5 Å². The van der Waals surface area contributed by atoms with Gasteiger partial charge in [-0.05, 0) is 25.0 Å². The Morgan fingerprint density at radius 2 is 0.750 bits per heavy atom. The highest BCUT2D eigenvalue weighted by atomic mass is 32.1. The van der Waals surface area contributed by atoms with Crippen LogP contribution >= 0.6 is 12.6 Å². The average Bonchev–Trinajstić information content (AvgIpc) is 2.89. The monoisotopic (exact) mass is 542 g/mol. The van der Waals surface area contributed by atoms with Crippen molar-refractivity contribution in [2.45, 2.75) is 186 Å². The van der Waals surface area contributed by atoms with Crippen LogP contribution in [-0.2, 0) is 9.47 Å². The Kier molecular flexibility index (Phi) is 34.0. The molecule has 0 saturated carbocycles. The second-order valence-electron chi connectivity index (χ2n) is 10.9. The zero-order valence-electron chi connectivity index (χ0n) is 24.8. The molecule has 0 N–H and O–H groups in total. The molecule has 0 spiro atoms. The molecule has 0 bridgehead atoms. The maximum Gasteiger partial charge on any atom is 0.137 e. The lowest BCUT2D eigenvalue weighted by Crippen LogP contribution is -2.25. The Bertz CT molecular complexity index is 353. The molecule has 4 heteroatoms. The summed E-state index contributed by atoms with van der Waals surface area (Å²) in [5, 5.41) is 0. The van der Waals surface area contributed by atoms with E-state index in [-0.39, 0.29) is 5.91 Å². The van der Waals surface area contributed by atoms with Crippen LogP contribution in [-0.4, -0.2) is 34.4 Å². The van der Waals surface area contributed by atoms with Crippen molar-refractivity contribution in [1.29, 1.82) is 0 Å². The summed E-state index contributed by atoms with van der Waals surface area (Å²) in [7, 11) is 0.759. The number of hydrogen-bond acceptors (Lipinski definition) is 3. The summed E-state index contributed by atoms with van der Waals surface area (Å²) in [5.74, 6) is 1.00. The van der Waals surface area contributed by atoms with Crippen LogP contribution in [0, 0.1) is 0 Å². The number of unbranched alkanes of at least 4 members (excludes halogenated alkanes) is 22. The zero-order chi connectivity index (χ0) is 26.2. The summed E-state index contributed by atoms with van der Waals surface area (Å²) < 4.78 is 12.3. The van der Waals surface area contributed by atoms with Crippen LogP contribution in [0.15, 0.2) is 0 Å². The summed E-state index contributed by atoms with van der Waals surface area (Å²) in [6.07, 6.45) is 34.5. The van der Waals surface area contributed by atoms with Crippen molar-refractivity contribution in [2.24, 2.45) is 0 Å². The molecule has 0 saturated heterocycles. The minimum Gasteiger partial charge on any atom is -0.357 e. The van der Waals surface area contributed by atoms with E-state index < -0.39 is 0 Å². The van der Waals surface area contributed by atoms with Crippen molar-refractivity contribution in [3.63, 3.8) is 0 Å². The predicted molar refractivity (Wildman–Crippen MR) is 167 cm³/mol. The van der Waals surface area contributed by atoms with E-state index in [1.165, 1.54) is 167 Å². The zero-order valence-corrected chi connectivity index (χ0v) is 26.7. The van der Waals surface area contributed by atoms with Crippen LogP contribution in [0.2, 0.25) is 6.04 Å². The number of hydrogen-bond donors (Lipinski definition) is 1. The van der Waals surface area contributed by atoms with Crippen LogP contribution in [0.3, 0.4) is 0 Å². The van der Waals surface area contributed by atoms with Gasteiger partial charge in [-0.25, -0.2) is 0 Å². The largest absolute Gasteiger partial charge is 0.357 e. The quantitative estimate of drug-likeness (QED) is 0.0394. The van der Waals surface area contributed by atoms with E-state index in [1.54, 1.807) is 0 Å². The first-order chi connectivity index (χ1) is 17.8. The van der Waals surface area contributed by atoms with E-state index in [9.17, 15) is 0 Å². The normalized spacial score (nSPS) is 11.7. The van der Waals surface area contributed by atoms with Crippen molar-refractivity contribution in [3.8, 4) is 0 Å². The van der Waals surface area contributed by atoms with Crippen molar-refractivity contribution in [2.75, 3.05) is 19.0 Å². The van der Waals surface area contributed by atoms with Crippen LogP contribution < -0.4 is 0 Å². The van der Waals surface area contributed by atoms with Gasteiger partial charge in [0.15, 0.2) is 0 Å². The van der Waals surface area contributed by atoms with Crippen molar-refractivity contribution in [3.05, 3.63) is 0 Å².